The van der Waals surface area contributed by atoms with Crippen molar-refractivity contribution in [2.45, 2.75) is 0 Å². The third-order valence-corrected chi connectivity index (χ3v) is 4.15. The lowest BCUT2D eigenvalue weighted by Gasteiger charge is -2.11. The minimum atomic E-state index is 0.918. The molecule has 0 radical (unpaired) electrons. The maximum absolute atomic E-state index is 5.58. The molecule has 4 aromatic carbocycles. The highest BCUT2D eigenvalue weighted by Crippen LogP contribution is 2.36. The summed E-state index contributed by atoms with van der Waals surface area (Å²) in [6, 6.07) is 27.6. The molecule has 4 rings (SSSR count). The van der Waals surface area contributed by atoms with E-state index < -0.39 is 0 Å². The fraction of sp³-hybridized carbons (Fsp3) is 0.0476. The Bertz CT molecular complexity index is 964. The fourth-order valence-corrected chi connectivity index (χ4v) is 3.07. The second kappa shape index (κ2) is 5.19. The van der Waals surface area contributed by atoms with Crippen LogP contribution >= 0.6 is 0 Å². The van der Waals surface area contributed by atoms with Crippen molar-refractivity contribution in [3.63, 3.8) is 0 Å². The summed E-state index contributed by atoms with van der Waals surface area (Å²) < 4.78 is 5.58. The van der Waals surface area contributed by atoms with E-state index in [-0.39, 0.29) is 0 Å². The molecule has 0 aliphatic carbocycles. The molecule has 0 saturated heterocycles. The van der Waals surface area contributed by atoms with Crippen molar-refractivity contribution >= 4 is 21.5 Å². The first-order chi connectivity index (χ1) is 10.9. The van der Waals surface area contributed by atoms with Crippen LogP contribution in [-0.4, -0.2) is 7.11 Å². The molecule has 0 N–H and O–H groups in total. The maximum Gasteiger partial charge on any atom is 0.127 e. The van der Waals surface area contributed by atoms with Gasteiger partial charge in [0.1, 0.15) is 5.75 Å². The first kappa shape index (κ1) is 12.9. The molecule has 0 heterocycles. The van der Waals surface area contributed by atoms with Crippen LogP contribution in [0.1, 0.15) is 0 Å². The second-order valence-electron chi connectivity index (χ2n) is 5.43. The molecule has 4 aromatic rings. The Kier molecular flexibility index (Phi) is 3.05. The van der Waals surface area contributed by atoms with Crippen molar-refractivity contribution in [1.29, 1.82) is 0 Å². The van der Waals surface area contributed by atoms with E-state index in [1.165, 1.54) is 32.7 Å². The summed E-state index contributed by atoms with van der Waals surface area (Å²) in [6.45, 7) is 0. The molecule has 106 valence electrons. The molecular formula is C21H16O. The molecule has 0 aliphatic rings. The molecular weight excluding hydrogens is 268 g/mol. The third-order valence-electron chi connectivity index (χ3n) is 4.15. The highest BCUT2D eigenvalue weighted by atomic mass is 16.5. The zero-order chi connectivity index (χ0) is 14.9. The van der Waals surface area contributed by atoms with Crippen LogP contribution in [0.4, 0.5) is 0 Å². The van der Waals surface area contributed by atoms with Crippen molar-refractivity contribution < 1.29 is 4.74 Å². The predicted molar refractivity (Wildman–Crippen MR) is 93.4 cm³/mol. The van der Waals surface area contributed by atoms with Crippen LogP contribution in [0.3, 0.4) is 0 Å². The Morgan fingerprint density at radius 3 is 2.18 bits per heavy atom. The van der Waals surface area contributed by atoms with Crippen LogP contribution in [0, 0.1) is 0 Å². The molecule has 0 bridgehead atoms. The number of rotatable bonds is 2. The number of ether oxygens (including phenoxy) is 1. The smallest absolute Gasteiger partial charge is 0.127 e. The van der Waals surface area contributed by atoms with Gasteiger partial charge in [0.25, 0.3) is 0 Å². The molecule has 0 unspecified atom stereocenters. The Hall–Kier alpha value is -2.80. The summed E-state index contributed by atoms with van der Waals surface area (Å²) in [5, 5.41) is 4.89. The average Bonchev–Trinajstić information content (AvgIpc) is 2.60. The zero-order valence-electron chi connectivity index (χ0n) is 12.4. The standard InChI is InChI=1S/C21H16O/c1-22-20-11-5-9-16-8-4-10-19(21(16)20)18-13-12-15-6-2-3-7-17(15)14-18/h2-14H,1H3. The Morgan fingerprint density at radius 2 is 1.36 bits per heavy atom. The highest BCUT2D eigenvalue weighted by molar-refractivity contribution is 6.02. The van der Waals surface area contributed by atoms with Gasteiger partial charge in [-0.3, -0.25) is 0 Å². The fourth-order valence-electron chi connectivity index (χ4n) is 3.07. The van der Waals surface area contributed by atoms with Crippen molar-refractivity contribution in [3.05, 3.63) is 78.9 Å². The maximum atomic E-state index is 5.58. The molecule has 0 fully saturated rings. The van der Waals surface area contributed by atoms with Gasteiger partial charge >= 0.3 is 0 Å². The largest absolute Gasteiger partial charge is 0.496 e. The lowest BCUT2D eigenvalue weighted by atomic mass is 9.96. The van der Waals surface area contributed by atoms with Gasteiger partial charge in [-0.1, -0.05) is 66.7 Å². The number of hydrogen-bond donors (Lipinski definition) is 0. The van der Waals surface area contributed by atoms with Crippen LogP contribution in [0.5, 0.6) is 5.75 Å². The first-order valence-electron chi connectivity index (χ1n) is 7.42. The van der Waals surface area contributed by atoms with Gasteiger partial charge < -0.3 is 4.74 Å². The van der Waals surface area contributed by atoms with E-state index in [1.54, 1.807) is 7.11 Å². The van der Waals surface area contributed by atoms with Gasteiger partial charge in [0.2, 0.25) is 0 Å². The lowest BCUT2D eigenvalue weighted by molar-refractivity contribution is 0.420. The SMILES string of the molecule is COc1cccc2cccc(-c3ccc4ccccc4c3)c12. The monoisotopic (exact) mass is 284 g/mol. The molecule has 0 amide bonds. The van der Waals surface area contributed by atoms with E-state index in [0.717, 1.165) is 5.75 Å². The summed E-state index contributed by atoms with van der Waals surface area (Å²) in [6.07, 6.45) is 0. The molecule has 1 nitrogen and oxygen atoms in total. The van der Waals surface area contributed by atoms with Crippen molar-refractivity contribution in [1.82, 2.24) is 0 Å². The van der Waals surface area contributed by atoms with Gasteiger partial charge in [0, 0.05) is 5.39 Å². The topological polar surface area (TPSA) is 9.23 Å². The Labute approximate surface area is 129 Å². The summed E-state index contributed by atoms with van der Waals surface area (Å²) in [5.41, 5.74) is 2.43. The quantitative estimate of drug-likeness (QED) is 0.461. The molecule has 22 heavy (non-hydrogen) atoms. The predicted octanol–water partition coefficient (Wildman–Crippen LogP) is 5.67. The van der Waals surface area contributed by atoms with Gasteiger partial charge in [-0.05, 0) is 39.4 Å². The van der Waals surface area contributed by atoms with Crippen molar-refractivity contribution in [2.75, 3.05) is 7.11 Å². The highest BCUT2D eigenvalue weighted by Gasteiger charge is 2.09. The second-order valence-corrected chi connectivity index (χ2v) is 5.43. The van der Waals surface area contributed by atoms with E-state index in [0.29, 0.717) is 0 Å². The van der Waals surface area contributed by atoms with Gasteiger partial charge in [0.15, 0.2) is 0 Å². The number of benzene rings is 4. The number of hydrogen-bond acceptors (Lipinski definition) is 1. The van der Waals surface area contributed by atoms with E-state index in [1.807, 2.05) is 12.1 Å². The van der Waals surface area contributed by atoms with Crippen LogP contribution in [0.25, 0.3) is 32.7 Å². The van der Waals surface area contributed by atoms with Crippen LogP contribution in [0.2, 0.25) is 0 Å². The summed E-state index contributed by atoms with van der Waals surface area (Å²) in [5.74, 6) is 0.918. The normalized spacial score (nSPS) is 11.0. The van der Waals surface area contributed by atoms with Crippen LogP contribution in [0.15, 0.2) is 78.9 Å². The zero-order valence-corrected chi connectivity index (χ0v) is 12.4. The van der Waals surface area contributed by atoms with Crippen molar-refractivity contribution in [3.8, 4) is 16.9 Å². The first-order valence-corrected chi connectivity index (χ1v) is 7.42. The van der Waals surface area contributed by atoms with E-state index in [9.17, 15) is 0 Å². The molecule has 0 aliphatic heterocycles. The molecule has 0 spiro atoms. The van der Waals surface area contributed by atoms with Crippen molar-refractivity contribution in [2.24, 2.45) is 0 Å². The minimum absolute atomic E-state index is 0.918. The van der Waals surface area contributed by atoms with Crippen LogP contribution < -0.4 is 4.74 Å². The van der Waals surface area contributed by atoms with Gasteiger partial charge in [-0.15, -0.1) is 0 Å². The van der Waals surface area contributed by atoms with Gasteiger partial charge in [0.05, 0.1) is 7.11 Å². The molecule has 0 aromatic heterocycles. The minimum Gasteiger partial charge on any atom is -0.496 e. The Morgan fingerprint density at radius 1 is 0.636 bits per heavy atom. The number of methoxy groups -OCH3 is 1. The molecule has 0 saturated carbocycles. The lowest BCUT2D eigenvalue weighted by Crippen LogP contribution is -1.88. The molecule has 1 heteroatoms. The van der Waals surface area contributed by atoms with Gasteiger partial charge in [-0.25, -0.2) is 0 Å². The Balaban J connectivity index is 2.03. The average molecular weight is 284 g/mol. The summed E-state index contributed by atoms with van der Waals surface area (Å²) >= 11 is 0. The van der Waals surface area contributed by atoms with E-state index in [4.69, 9.17) is 4.74 Å². The number of fused-ring (bicyclic) bond motifs is 2. The third kappa shape index (κ3) is 2.03. The summed E-state index contributed by atoms with van der Waals surface area (Å²) in [4.78, 5) is 0. The molecule has 0 atom stereocenters. The van der Waals surface area contributed by atoms with Gasteiger partial charge in [-0.2, -0.15) is 0 Å². The van der Waals surface area contributed by atoms with Crippen LogP contribution in [-0.2, 0) is 0 Å². The van der Waals surface area contributed by atoms with E-state index >= 15 is 0 Å². The summed E-state index contributed by atoms with van der Waals surface area (Å²) in [7, 11) is 1.73. The van der Waals surface area contributed by atoms with E-state index in [2.05, 4.69) is 66.7 Å².